The van der Waals surface area contributed by atoms with E-state index in [1.165, 1.54) is 36.5 Å². The minimum Gasteiger partial charge on any atom is -0.363 e. The van der Waals surface area contributed by atoms with Gasteiger partial charge >= 0.3 is 11.9 Å². The van der Waals surface area contributed by atoms with E-state index in [4.69, 9.17) is 28.9 Å². The molecular weight excluding hydrogens is 528 g/mol. The molecule has 0 aliphatic heterocycles. The molecular formula is C20H13Cl2F3N8O3. The van der Waals surface area contributed by atoms with Crippen molar-refractivity contribution in [3.63, 3.8) is 0 Å². The van der Waals surface area contributed by atoms with Gasteiger partial charge in [0.1, 0.15) is 6.54 Å². The predicted octanol–water partition coefficient (Wildman–Crippen LogP) is 2.27. The number of rotatable bonds is 7. The van der Waals surface area contributed by atoms with Crippen molar-refractivity contribution in [2.75, 3.05) is 0 Å². The first-order valence-corrected chi connectivity index (χ1v) is 10.6. The maximum atomic E-state index is 13.0. The fourth-order valence-corrected chi connectivity index (χ4v) is 3.46. The molecule has 0 saturated carbocycles. The van der Waals surface area contributed by atoms with Gasteiger partial charge in [-0.25, -0.2) is 19.4 Å². The van der Waals surface area contributed by atoms with E-state index in [1.807, 2.05) is 0 Å². The van der Waals surface area contributed by atoms with Crippen LogP contribution in [0.15, 0.2) is 47.4 Å². The SMILES string of the molecule is NC(=O)c1nc(Cn2nc(-c3ccc(Cl)cc3)n(CC(=O)C(F)(F)F)c2=O)nn1-c1ncccc1Cl. The minimum atomic E-state index is -5.17. The van der Waals surface area contributed by atoms with Crippen molar-refractivity contribution in [3.05, 3.63) is 74.8 Å². The molecule has 36 heavy (non-hydrogen) atoms. The Balaban J connectivity index is 1.79. The summed E-state index contributed by atoms with van der Waals surface area (Å²) in [5.74, 6) is -3.84. The Bertz CT molecular complexity index is 1530. The van der Waals surface area contributed by atoms with Crippen LogP contribution in [0.25, 0.3) is 17.2 Å². The van der Waals surface area contributed by atoms with Gasteiger partial charge < -0.3 is 5.73 Å². The van der Waals surface area contributed by atoms with Crippen LogP contribution in [0.2, 0.25) is 10.0 Å². The number of benzene rings is 1. The summed E-state index contributed by atoms with van der Waals surface area (Å²) in [6, 6.07) is 8.75. The largest absolute Gasteiger partial charge is 0.451 e. The summed E-state index contributed by atoms with van der Waals surface area (Å²) >= 11 is 12.0. The number of nitrogens with two attached hydrogens (primary N) is 1. The van der Waals surface area contributed by atoms with Crippen LogP contribution in [0.5, 0.6) is 0 Å². The molecule has 0 fully saturated rings. The lowest BCUT2D eigenvalue weighted by Crippen LogP contribution is -2.33. The van der Waals surface area contributed by atoms with Crippen molar-refractivity contribution in [1.82, 2.24) is 34.1 Å². The van der Waals surface area contributed by atoms with Gasteiger partial charge in [0.2, 0.25) is 5.82 Å². The molecule has 3 heterocycles. The van der Waals surface area contributed by atoms with Crippen molar-refractivity contribution in [1.29, 1.82) is 0 Å². The maximum Gasteiger partial charge on any atom is 0.451 e. The first kappa shape index (κ1) is 25.1. The van der Waals surface area contributed by atoms with Crippen LogP contribution < -0.4 is 11.4 Å². The Morgan fingerprint density at radius 2 is 1.75 bits per heavy atom. The fraction of sp³-hybridized carbons (Fsp3) is 0.150. The van der Waals surface area contributed by atoms with Crippen LogP contribution in [0.1, 0.15) is 16.4 Å². The minimum absolute atomic E-state index is 0.0298. The number of amides is 1. The van der Waals surface area contributed by atoms with E-state index in [0.29, 0.717) is 9.59 Å². The average molecular weight is 541 g/mol. The molecule has 0 spiro atoms. The number of aromatic nitrogens is 7. The zero-order chi connectivity index (χ0) is 26.2. The Morgan fingerprint density at radius 3 is 2.36 bits per heavy atom. The second-order valence-electron chi connectivity index (χ2n) is 7.21. The highest BCUT2D eigenvalue weighted by Crippen LogP contribution is 2.22. The molecule has 0 bridgehead atoms. The molecule has 0 unspecified atom stereocenters. The number of primary amides is 1. The molecule has 11 nitrogen and oxygen atoms in total. The lowest BCUT2D eigenvalue weighted by Gasteiger charge is -2.07. The third kappa shape index (κ3) is 4.99. The standard InChI is InChI=1S/C20H13Cl2F3N8O3/c21-11-5-3-10(4-6-11)16-30-32(19(36)31(16)8-13(34)20(23,24)25)9-14-28-18(15(26)35)33(29-14)17-12(22)2-1-7-27-17/h1-7H,8-9H2,(H2,26,35). The number of alkyl halides is 3. The highest BCUT2D eigenvalue weighted by Gasteiger charge is 2.39. The maximum absolute atomic E-state index is 13.0. The number of carbonyl (C=O) groups excluding carboxylic acids is 2. The van der Waals surface area contributed by atoms with Crippen LogP contribution in [-0.2, 0) is 17.9 Å². The second-order valence-corrected chi connectivity index (χ2v) is 8.06. The molecule has 0 aliphatic carbocycles. The summed E-state index contributed by atoms with van der Waals surface area (Å²) in [4.78, 5) is 44.6. The second kappa shape index (κ2) is 9.54. The number of pyridine rings is 1. The molecule has 2 N–H and O–H groups in total. The molecule has 4 aromatic rings. The van der Waals surface area contributed by atoms with Crippen molar-refractivity contribution >= 4 is 34.9 Å². The quantitative estimate of drug-likeness (QED) is 0.378. The van der Waals surface area contributed by atoms with E-state index < -0.39 is 36.6 Å². The molecule has 3 aromatic heterocycles. The van der Waals surface area contributed by atoms with Crippen molar-refractivity contribution in [3.8, 4) is 17.2 Å². The van der Waals surface area contributed by atoms with Crippen molar-refractivity contribution in [2.24, 2.45) is 5.73 Å². The van der Waals surface area contributed by atoms with Gasteiger partial charge in [-0.1, -0.05) is 23.2 Å². The highest BCUT2D eigenvalue weighted by atomic mass is 35.5. The lowest BCUT2D eigenvalue weighted by atomic mass is 10.2. The third-order valence-electron chi connectivity index (χ3n) is 4.75. The van der Waals surface area contributed by atoms with Crippen LogP contribution in [0.3, 0.4) is 0 Å². The van der Waals surface area contributed by atoms with E-state index in [2.05, 4.69) is 20.2 Å². The summed E-state index contributed by atoms with van der Waals surface area (Å²) < 4.78 is 41.1. The van der Waals surface area contributed by atoms with Crippen molar-refractivity contribution in [2.45, 2.75) is 19.3 Å². The molecule has 1 amide bonds. The predicted molar refractivity (Wildman–Crippen MR) is 120 cm³/mol. The Hall–Kier alpha value is -4.04. The molecule has 0 aliphatic rings. The molecule has 4 rings (SSSR count). The van der Waals surface area contributed by atoms with Crippen LogP contribution >= 0.6 is 23.2 Å². The van der Waals surface area contributed by atoms with E-state index in [0.717, 1.165) is 9.36 Å². The normalized spacial score (nSPS) is 11.6. The lowest BCUT2D eigenvalue weighted by molar-refractivity contribution is -0.171. The van der Waals surface area contributed by atoms with Crippen molar-refractivity contribution < 1.29 is 22.8 Å². The number of halogens is 5. The number of ketones is 1. The summed E-state index contributed by atoms with van der Waals surface area (Å²) in [5, 5.41) is 8.63. The Labute approximate surface area is 208 Å². The van der Waals surface area contributed by atoms with E-state index in [-0.39, 0.29) is 33.9 Å². The van der Waals surface area contributed by atoms with E-state index >= 15 is 0 Å². The number of Topliss-reactive ketones (excluding diaryl/α,β-unsaturated/α-hetero) is 1. The summed E-state index contributed by atoms with van der Waals surface area (Å²) in [6.07, 6.45) is -3.78. The Morgan fingerprint density at radius 1 is 1.06 bits per heavy atom. The summed E-state index contributed by atoms with van der Waals surface area (Å²) in [5.41, 5.74) is 4.55. The zero-order valence-corrected chi connectivity index (χ0v) is 19.3. The fourth-order valence-electron chi connectivity index (χ4n) is 3.13. The van der Waals surface area contributed by atoms with Gasteiger partial charge in [0.15, 0.2) is 17.5 Å². The number of hydrogen-bond acceptors (Lipinski definition) is 7. The molecule has 0 radical (unpaired) electrons. The number of nitrogens with zero attached hydrogens (tertiary/aromatic N) is 7. The van der Waals surface area contributed by atoms with Gasteiger partial charge in [0.25, 0.3) is 11.7 Å². The molecule has 16 heteroatoms. The van der Waals surface area contributed by atoms with E-state index in [9.17, 15) is 27.6 Å². The van der Waals surface area contributed by atoms with Crippen LogP contribution in [0.4, 0.5) is 13.2 Å². The van der Waals surface area contributed by atoms with Gasteiger partial charge in [-0.2, -0.15) is 17.9 Å². The van der Waals surface area contributed by atoms with Gasteiger partial charge in [0.05, 0.1) is 11.6 Å². The molecule has 0 saturated heterocycles. The van der Waals surface area contributed by atoms with Crippen LogP contribution in [0, 0.1) is 0 Å². The highest BCUT2D eigenvalue weighted by molar-refractivity contribution is 6.32. The van der Waals surface area contributed by atoms with Crippen LogP contribution in [-0.4, -0.2) is 52.0 Å². The average Bonchev–Trinajstić information content (AvgIpc) is 3.36. The first-order valence-electron chi connectivity index (χ1n) is 9.86. The number of hydrogen-bond donors (Lipinski definition) is 1. The summed E-state index contributed by atoms with van der Waals surface area (Å²) in [6.45, 7) is -1.79. The third-order valence-corrected chi connectivity index (χ3v) is 5.29. The molecule has 186 valence electrons. The van der Waals surface area contributed by atoms with Gasteiger partial charge in [-0.15, -0.1) is 10.2 Å². The first-order chi connectivity index (χ1) is 17.0. The van der Waals surface area contributed by atoms with Gasteiger partial charge in [0, 0.05) is 16.8 Å². The molecule has 1 aromatic carbocycles. The zero-order valence-electron chi connectivity index (χ0n) is 17.8. The smallest absolute Gasteiger partial charge is 0.363 e. The Kier molecular flexibility index (Phi) is 6.65. The van der Waals surface area contributed by atoms with E-state index in [1.54, 1.807) is 6.07 Å². The van der Waals surface area contributed by atoms with Gasteiger partial charge in [-0.05, 0) is 36.4 Å². The summed E-state index contributed by atoms with van der Waals surface area (Å²) in [7, 11) is 0. The topological polar surface area (TPSA) is 144 Å². The monoisotopic (exact) mass is 540 g/mol. The van der Waals surface area contributed by atoms with Gasteiger partial charge in [-0.3, -0.25) is 14.2 Å². The number of carbonyl (C=O) groups is 2. The molecule has 0 atom stereocenters.